The van der Waals surface area contributed by atoms with Crippen LogP contribution in [0.5, 0.6) is 0 Å². The molecule has 1 aliphatic rings. The van der Waals surface area contributed by atoms with Crippen LogP contribution in [0, 0.1) is 13.8 Å². The molecule has 2 aromatic carbocycles. The Morgan fingerprint density at radius 3 is 2.12 bits per heavy atom. The van der Waals surface area contributed by atoms with Gasteiger partial charge in [-0.2, -0.15) is 0 Å². The molecule has 0 saturated carbocycles. The molecular formula is C21H22N2O. The summed E-state index contributed by atoms with van der Waals surface area (Å²) in [5, 5.41) is 0. The van der Waals surface area contributed by atoms with Gasteiger partial charge >= 0.3 is 0 Å². The zero-order valence-corrected chi connectivity index (χ0v) is 14.1. The molecule has 3 nitrogen and oxygen atoms in total. The normalized spacial score (nSPS) is 17.4. The predicted molar refractivity (Wildman–Crippen MR) is 97.7 cm³/mol. The number of hydrogen-bond donors (Lipinski definition) is 0. The van der Waals surface area contributed by atoms with Crippen molar-refractivity contribution in [3.05, 3.63) is 83.7 Å². The van der Waals surface area contributed by atoms with Gasteiger partial charge in [-0.25, -0.2) is 0 Å². The number of aryl methyl sites for hydroxylation is 2. The number of benzene rings is 2. The molecule has 3 aromatic rings. The largest absolute Gasteiger partial charge is 0.352 e. The van der Waals surface area contributed by atoms with Crippen molar-refractivity contribution in [2.24, 2.45) is 0 Å². The summed E-state index contributed by atoms with van der Waals surface area (Å²) in [7, 11) is 0. The Hall–Kier alpha value is -2.52. The minimum atomic E-state index is -0.0144. The van der Waals surface area contributed by atoms with Crippen molar-refractivity contribution >= 4 is 5.69 Å². The smallest absolute Gasteiger partial charge is 0.158 e. The minimum absolute atomic E-state index is 0.0144. The predicted octanol–water partition coefficient (Wildman–Crippen LogP) is 4.63. The molecule has 0 amide bonds. The molecule has 1 unspecified atom stereocenters. The third-order valence-electron chi connectivity index (χ3n) is 4.59. The highest BCUT2D eigenvalue weighted by atomic mass is 16.5. The average Bonchev–Trinajstić information content (AvgIpc) is 3.25. The molecule has 3 heteroatoms. The molecule has 0 N–H and O–H groups in total. The van der Waals surface area contributed by atoms with Crippen LogP contribution in [0.25, 0.3) is 5.69 Å². The van der Waals surface area contributed by atoms with Gasteiger partial charge in [-0.05, 0) is 44.2 Å². The van der Waals surface area contributed by atoms with Gasteiger partial charge in [0, 0.05) is 35.9 Å². The zero-order valence-electron chi connectivity index (χ0n) is 14.1. The molecular weight excluding hydrogens is 296 g/mol. The first-order chi connectivity index (χ1) is 11.7. The number of nitrogens with zero attached hydrogens (tertiary/aromatic N) is 2. The lowest BCUT2D eigenvalue weighted by molar-refractivity contribution is 0.114. The standard InChI is InChI=1S/C21H22N2O/c1-16-3-7-19(8-4-16)22-12-11-18(15-22)21-23(13-14-24-21)20-9-5-17(2)6-10-20/h3-12,15,21H,13-14H2,1-2H3. The fourth-order valence-corrected chi connectivity index (χ4v) is 3.18. The van der Waals surface area contributed by atoms with Crippen LogP contribution in [0.15, 0.2) is 67.0 Å². The van der Waals surface area contributed by atoms with E-state index in [2.05, 4.69) is 90.3 Å². The van der Waals surface area contributed by atoms with Crippen LogP contribution in [-0.4, -0.2) is 17.7 Å². The molecule has 1 atom stereocenters. The molecule has 24 heavy (non-hydrogen) atoms. The van der Waals surface area contributed by atoms with E-state index in [0.717, 1.165) is 13.2 Å². The Balaban J connectivity index is 1.61. The number of aromatic nitrogens is 1. The number of rotatable bonds is 3. The Morgan fingerprint density at radius 2 is 1.46 bits per heavy atom. The molecule has 0 radical (unpaired) electrons. The van der Waals surface area contributed by atoms with E-state index in [1.165, 1.54) is 28.1 Å². The van der Waals surface area contributed by atoms with Crippen molar-refractivity contribution in [2.45, 2.75) is 20.1 Å². The summed E-state index contributed by atoms with van der Waals surface area (Å²) in [6, 6.07) is 19.4. The van der Waals surface area contributed by atoms with Gasteiger partial charge in [0.2, 0.25) is 0 Å². The lowest BCUT2D eigenvalue weighted by Crippen LogP contribution is -2.22. The van der Waals surface area contributed by atoms with Gasteiger partial charge in [0.25, 0.3) is 0 Å². The highest BCUT2D eigenvalue weighted by molar-refractivity contribution is 5.50. The van der Waals surface area contributed by atoms with Crippen LogP contribution in [-0.2, 0) is 4.74 Å². The summed E-state index contributed by atoms with van der Waals surface area (Å²) in [5.74, 6) is 0. The van der Waals surface area contributed by atoms with Crippen LogP contribution in [0.2, 0.25) is 0 Å². The quantitative estimate of drug-likeness (QED) is 0.700. The number of anilines is 1. The van der Waals surface area contributed by atoms with Gasteiger partial charge in [-0.15, -0.1) is 0 Å². The molecule has 2 heterocycles. The second-order valence-electron chi connectivity index (χ2n) is 6.44. The van der Waals surface area contributed by atoms with Crippen molar-refractivity contribution in [1.29, 1.82) is 0 Å². The van der Waals surface area contributed by atoms with Crippen LogP contribution in [0.1, 0.15) is 22.9 Å². The Labute approximate surface area is 143 Å². The molecule has 0 aliphatic carbocycles. The van der Waals surface area contributed by atoms with E-state index in [1.807, 2.05) is 0 Å². The zero-order chi connectivity index (χ0) is 16.5. The molecule has 122 valence electrons. The number of ether oxygens (including phenoxy) is 1. The topological polar surface area (TPSA) is 17.4 Å². The van der Waals surface area contributed by atoms with E-state index in [-0.39, 0.29) is 6.23 Å². The first-order valence-electron chi connectivity index (χ1n) is 8.40. The van der Waals surface area contributed by atoms with E-state index < -0.39 is 0 Å². The molecule has 1 saturated heterocycles. The first-order valence-corrected chi connectivity index (χ1v) is 8.40. The second-order valence-corrected chi connectivity index (χ2v) is 6.44. The summed E-state index contributed by atoms with van der Waals surface area (Å²) in [5.41, 5.74) is 6.13. The van der Waals surface area contributed by atoms with E-state index in [4.69, 9.17) is 4.74 Å². The molecule has 0 spiro atoms. The lowest BCUT2D eigenvalue weighted by Gasteiger charge is -2.24. The van der Waals surface area contributed by atoms with Gasteiger partial charge in [-0.3, -0.25) is 0 Å². The summed E-state index contributed by atoms with van der Waals surface area (Å²) in [6.07, 6.45) is 4.26. The first kappa shape index (κ1) is 15.0. The van der Waals surface area contributed by atoms with E-state index in [9.17, 15) is 0 Å². The van der Waals surface area contributed by atoms with Gasteiger partial charge in [0.1, 0.15) is 0 Å². The highest BCUT2D eigenvalue weighted by Crippen LogP contribution is 2.32. The van der Waals surface area contributed by atoms with Crippen molar-refractivity contribution in [3.63, 3.8) is 0 Å². The molecule has 0 bridgehead atoms. The monoisotopic (exact) mass is 318 g/mol. The third-order valence-corrected chi connectivity index (χ3v) is 4.59. The van der Waals surface area contributed by atoms with Crippen LogP contribution >= 0.6 is 0 Å². The summed E-state index contributed by atoms with van der Waals surface area (Å²) < 4.78 is 8.17. The molecule has 1 aliphatic heterocycles. The third kappa shape index (κ3) is 2.83. The van der Waals surface area contributed by atoms with Crippen LogP contribution < -0.4 is 4.90 Å². The van der Waals surface area contributed by atoms with E-state index >= 15 is 0 Å². The van der Waals surface area contributed by atoms with Crippen LogP contribution in [0.3, 0.4) is 0 Å². The second kappa shape index (κ2) is 6.17. The molecule has 1 fully saturated rings. The fraction of sp³-hybridized carbons (Fsp3) is 0.238. The number of hydrogen-bond acceptors (Lipinski definition) is 2. The lowest BCUT2D eigenvalue weighted by atomic mass is 10.2. The Bertz CT molecular complexity index is 818. The van der Waals surface area contributed by atoms with E-state index in [1.54, 1.807) is 0 Å². The fourth-order valence-electron chi connectivity index (χ4n) is 3.18. The SMILES string of the molecule is Cc1ccc(N2CCOC2c2ccn(-c3ccc(C)cc3)c2)cc1. The summed E-state index contributed by atoms with van der Waals surface area (Å²) in [6.45, 7) is 5.90. The van der Waals surface area contributed by atoms with Crippen molar-refractivity contribution < 1.29 is 4.74 Å². The van der Waals surface area contributed by atoms with Crippen molar-refractivity contribution in [3.8, 4) is 5.69 Å². The maximum Gasteiger partial charge on any atom is 0.158 e. The summed E-state index contributed by atoms with van der Waals surface area (Å²) in [4.78, 5) is 2.33. The maximum atomic E-state index is 6.02. The van der Waals surface area contributed by atoms with Crippen molar-refractivity contribution in [2.75, 3.05) is 18.1 Å². The van der Waals surface area contributed by atoms with Crippen LogP contribution in [0.4, 0.5) is 5.69 Å². The van der Waals surface area contributed by atoms with E-state index in [0.29, 0.717) is 0 Å². The van der Waals surface area contributed by atoms with Gasteiger partial charge in [0.15, 0.2) is 6.23 Å². The minimum Gasteiger partial charge on any atom is -0.352 e. The Morgan fingerprint density at radius 1 is 0.833 bits per heavy atom. The van der Waals surface area contributed by atoms with Gasteiger partial charge in [0.05, 0.1) is 6.61 Å². The maximum absolute atomic E-state index is 6.02. The molecule has 1 aromatic heterocycles. The highest BCUT2D eigenvalue weighted by Gasteiger charge is 2.27. The summed E-state index contributed by atoms with van der Waals surface area (Å²) >= 11 is 0. The molecule has 4 rings (SSSR count). The van der Waals surface area contributed by atoms with Crippen molar-refractivity contribution in [1.82, 2.24) is 4.57 Å². The average molecular weight is 318 g/mol. The van der Waals surface area contributed by atoms with Gasteiger partial charge in [-0.1, -0.05) is 35.4 Å². The Kier molecular flexibility index (Phi) is 3.87. The van der Waals surface area contributed by atoms with Gasteiger partial charge < -0.3 is 14.2 Å².